The van der Waals surface area contributed by atoms with Crippen molar-refractivity contribution in [2.24, 2.45) is 5.92 Å². The monoisotopic (exact) mass is 342 g/mol. The molecule has 1 N–H and O–H groups in total. The molecule has 1 aliphatic heterocycles. The SMILES string of the molecule is Cc1cc(Cl)ccc1NC(=O)[C@@H]1CC(=O)N(Cc2ccccc2)C1. The van der Waals surface area contributed by atoms with E-state index in [0.717, 1.165) is 16.8 Å². The third-order valence-corrected chi connectivity index (χ3v) is 4.48. The number of amides is 2. The van der Waals surface area contributed by atoms with Gasteiger partial charge in [0.25, 0.3) is 0 Å². The number of likely N-dealkylation sites (tertiary alicyclic amines) is 1. The smallest absolute Gasteiger partial charge is 0.229 e. The standard InChI is InChI=1S/C19H19ClN2O2/c1-13-9-16(20)7-8-17(13)21-19(24)15-10-18(23)22(12-15)11-14-5-3-2-4-6-14/h2-9,15H,10-12H2,1H3,(H,21,24)/t15-/m1/s1. The first-order valence-corrected chi connectivity index (χ1v) is 8.29. The highest BCUT2D eigenvalue weighted by molar-refractivity contribution is 6.30. The van der Waals surface area contributed by atoms with Gasteiger partial charge in [-0.05, 0) is 36.2 Å². The van der Waals surface area contributed by atoms with Crippen molar-refractivity contribution in [3.05, 3.63) is 64.7 Å². The fourth-order valence-electron chi connectivity index (χ4n) is 2.91. The van der Waals surface area contributed by atoms with Crippen LogP contribution < -0.4 is 5.32 Å². The van der Waals surface area contributed by atoms with E-state index in [1.807, 2.05) is 37.3 Å². The molecule has 1 aliphatic rings. The van der Waals surface area contributed by atoms with E-state index < -0.39 is 0 Å². The summed E-state index contributed by atoms with van der Waals surface area (Å²) in [5, 5.41) is 3.54. The van der Waals surface area contributed by atoms with Crippen LogP contribution in [0.25, 0.3) is 0 Å². The third kappa shape index (κ3) is 3.77. The highest BCUT2D eigenvalue weighted by atomic mass is 35.5. The van der Waals surface area contributed by atoms with Gasteiger partial charge in [0.05, 0.1) is 5.92 Å². The zero-order valence-corrected chi connectivity index (χ0v) is 14.2. The van der Waals surface area contributed by atoms with Gasteiger partial charge in [0.15, 0.2) is 0 Å². The zero-order valence-electron chi connectivity index (χ0n) is 13.5. The average molecular weight is 343 g/mol. The van der Waals surface area contributed by atoms with Crippen LogP contribution in [0.1, 0.15) is 17.5 Å². The van der Waals surface area contributed by atoms with Crippen molar-refractivity contribution >= 4 is 29.1 Å². The van der Waals surface area contributed by atoms with Gasteiger partial charge in [0, 0.05) is 30.2 Å². The Morgan fingerprint density at radius 2 is 2.00 bits per heavy atom. The van der Waals surface area contributed by atoms with Crippen LogP contribution >= 0.6 is 11.6 Å². The van der Waals surface area contributed by atoms with E-state index in [1.165, 1.54) is 0 Å². The maximum absolute atomic E-state index is 12.5. The van der Waals surface area contributed by atoms with Gasteiger partial charge in [-0.1, -0.05) is 41.9 Å². The van der Waals surface area contributed by atoms with Crippen molar-refractivity contribution in [3.8, 4) is 0 Å². The number of rotatable bonds is 4. The van der Waals surface area contributed by atoms with Crippen molar-refractivity contribution < 1.29 is 9.59 Å². The third-order valence-electron chi connectivity index (χ3n) is 4.25. The number of hydrogen-bond donors (Lipinski definition) is 1. The van der Waals surface area contributed by atoms with Crippen LogP contribution in [0.2, 0.25) is 5.02 Å². The van der Waals surface area contributed by atoms with Crippen LogP contribution in [-0.4, -0.2) is 23.3 Å². The van der Waals surface area contributed by atoms with Gasteiger partial charge >= 0.3 is 0 Å². The van der Waals surface area contributed by atoms with E-state index in [0.29, 0.717) is 18.1 Å². The van der Waals surface area contributed by atoms with E-state index >= 15 is 0 Å². The summed E-state index contributed by atoms with van der Waals surface area (Å²) in [4.78, 5) is 26.4. The second-order valence-electron chi connectivity index (χ2n) is 6.11. The van der Waals surface area contributed by atoms with E-state index in [4.69, 9.17) is 11.6 Å². The number of halogens is 1. The van der Waals surface area contributed by atoms with Gasteiger partial charge in [-0.3, -0.25) is 9.59 Å². The molecule has 1 saturated heterocycles. The molecule has 0 aliphatic carbocycles. The van der Waals surface area contributed by atoms with Crippen molar-refractivity contribution in [3.63, 3.8) is 0 Å². The molecule has 0 aromatic heterocycles. The Kier molecular flexibility index (Phi) is 4.86. The molecule has 0 unspecified atom stereocenters. The second kappa shape index (κ2) is 7.05. The molecule has 2 aromatic carbocycles. The summed E-state index contributed by atoms with van der Waals surface area (Å²) in [5.41, 5.74) is 2.71. The molecule has 0 saturated carbocycles. The average Bonchev–Trinajstić information content (AvgIpc) is 2.92. The maximum Gasteiger partial charge on any atom is 0.229 e. The second-order valence-corrected chi connectivity index (χ2v) is 6.55. The Labute approximate surface area is 146 Å². The summed E-state index contributed by atoms with van der Waals surface area (Å²) in [6.07, 6.45) is 0.255. The first-order valence-electron chi connectivity index (χ1n) is 7.91. The summed E-state index contributed by atoms with van der Waals surface area (Å²) in [6.45, 7) is 2.89. The number of benzene rings is 2. The molecule has 0 radical (unpaired) electrons. The Morgan fingerprint density at radius 3 is 2.71 bits per heavy atom. The van der Waals surface area contributed by atoms with Crippen LogP contribution in [0, 0.1) is 12.8 Å². The van der Waals surface area contributed by atoms with Gasteiger partial charge < -0.3 is 10.2 Å². The number of anilines is 1. The van der Waals surface area contributed by atoms with Crippen molar-refractivity contribution in [2.45, 2.75) is 19.9 Å². The molecule has 1 fully saturated rings. The van der Waals surface area contributed by atoms with Crippen LogP contribution in [0.5, 0.6) is 0 Å². The molecule has 124 valence electrons. The lowest BCUT2D eigenvalue weighted by Crippen LogP contribution is -2.28. The number of nitrogens with zero attached hydrogens (tertiary/aromatic N) is 1. The molecule has 4 nitrogen and oxygen atoms in total. The van der Waals surface area contributed by atoms with Crippen LogP contribution in [-0.2, 0) is 16.1 Å². The minimum Gasteiger partial charge on any atom is -0.338 e. The predicted octanol–water partition coefficient (Wildman–Crippen LogP) is 3.64. The minimum atomic E-state index is -0.323. The van der Waals surface area contributed by atoms with E-state index in [9.17, 15) is 9.59 Å². The van der Waals surface area contributed by atoms with E-state index in [-0.39, 0.29) is 24.2 Å². The van der Waals surface area contributed by atoms with Crippen molar-refractivity contribution in [1.29, 1.82) is 0 Å². The first-order chi connectivity index (χ1) is 11.5. The number of aryl methyl sites for hydroxylation is 1. The quantitative estimate of drug-likeness (QED) is 0.922. The molecule has 5 heteroatoms. The lowest BCUT2D eigenvalue weighted by Gasteiger charge is -2.17. The highest BCUT2D eigenvalue weighted by Gasteiger charge is 2.34. The number of carbonyl (C=O) groups excluding carboxylic acids is 2. The van der Waals surface area contributed by atoms with Gasteiger partial charge in [0.1, 0.15) is 0 Å². The number of hydrogen-bond acceptors (Lipinski definition) is 2. The summed E-state index contributed by atoms with van der Waals surface area (Å²) >= 11 is 5.93. The molecule has 0 spiro atoms. The normalized spacial score (nSPS) is 17.2. The lowest BCUT2D eigenvalue weighted by molar-refractivity contribution is -0.128. The topological polar surface area (TPSA) is 49.4 Å². The Balaban J connectivity index is 1.63. The van der Waals surface area contributed by atoms with Crippen molar-refractivity contribution in [1.82, 2.24) is 4.90 Å². The maximum atomic E-state index is 12.5. The van der Waals surface area contributed by atoms with E-state index in [2.05, 4.69) is 5.32 Å². The predicted molar refractivity (Wildman–Crippen MR) is 94.8 cm³/mol. The minimum absolute atomic E-state index is 0.0202. The largest absolute Gasteiger partial charge is 0.338 e. The van der Waals surface area contributed by atoms with Crippen LogP contribution in [0.3, 0.4) is 0 Å². The molecule has 1 atom stereocenters. The molecular weight excluding hydrogens is 324 g/mol. The summed E-state index contributed by atoms with van der Waals surface area (Å²) in [7, 11) is 0. The molecular formula is C19H19ClN2O2. The molecule has 3 rings (SSSR count). The lowest BCUT2D eigenvalue weighted by atomic mass is 10.1. The van der Waals surface area contributed by atoms with Gasteiger partial charge in [-0.25, -0.2) is 0 Å². The number of carbonyl (C=O) groups is 2. The fraction of sp³-hybridized carbons (Fsp3) is 0.263. The molecule has 2 aromatic rings. The Bertz CT molecular complexity index is 761. The van der Waals surface area contributed by atoms with Gasteiger partial charge in [-0.2, -0.15) is 0 Å². The molecule has 1 heterocycles. The Morgan fingerprint density at radius 1 is 1.25 bits per heavy atom. The fourth-order valence-corrected chi connectivity index (χ4v) is 3.13. The first kappa shape index (κ1) is 16.5. The molecule has 2 amide bonds. The van der Waals surface area contributed by atoms with Gasteiger partial charge in [-0.15, -0.1) is 0 Å². The molecule has 0 bridgehead atoms. The summed E-state index contributed by atoms with van der Waals surface area (Å²) in [6, 6.07) is 15.1. The Hall–Kier alpha value is -2.33. The van der Waals surface area contributed by atoms with Crippen molar-refractivity contribution in [2.75, 3.05) is 11.9 Å². The van der Waals surface area contributed by atoms with Crippen LogP contribution in [0.15, 0.2) is 48.5 Å². The zero-order chi connectivity index (χ0) is 17.1. The van der Waals surface area contributed by atoms with E-state index in [1.54, 1.807) is 23.1 Å². The van der Waals surface area contributed by atoms with Crippen LogP contribution in [0.4, 0.5) is 5.69 Å². The summed E-state index contributed by atoms with van der Waals surface area (Å²) < 4.78 is 0. The summed E-state index contributed by atoms with van der Waals surface area (Å²) in [5.74, 6) is -0.424. The highest BCUT2D eigenvalue weighted by Crippen LogP contribution is 2.24. The number of nitrogens with one attached hydrogen (secondary N) is 1. The molecule has 24 heavy (non-hydrogen) atoms. The van der Waals surface area contributed by atoms with Gasteiger partial charge in [0.2, 0.25) is 11.8 Å².